The average Bonchev–Trinajstić information content (AvgIpc) is 1.64. The summed E-state index contributed by atoms with van der Waals surface area (Å²) < 4.78 is 5.69. The number of carbonyl (C=O) groups is 20. The highest BCUT2D eigenvalue weighted by Gasteiger charge is 2.41. The monoisotopic (exact) mass is 1630 g/mol. The maximum Gasteiger partial charge on any atom is 0.329 e. The van der Waals surface area contributed by atoms with E-state index in [2.05, 4.69) is 70.8 Å². The first-order chi connectivity index (χ1) is 54.4. The molecule has 1 aromatic heterocycles. The van der Waals surface area contributed by atoms with Crippen molar-refractivity contribution in [2.45, 2.75) is 209 Å². The quantitative estimate of drug-likeness (QED) is 0.0113. The molecule has 1 saturated heterocycles. The summed E-state index contributed by atoms with van der Waals surface area (Å²) in [6.07, 6.45) is -2.11. The number of Topliss-reactive ketones (excluding diaryl/α,β-unsaturated/α-hetero) is 1. The molecule has 3 aromatic rings. The standard InChI is InChI=1S/C72H101N17O26.3H2/c1-5-6-7-8-9-10-11-22-53(93)81-44(25-38-31-76-42-20-15-13-17-39(38)42)66(108)84-45(27-52(75)92)67(109)86-48(30-59(102)103)68(110)89-61-37(4)115-72(114)49(26-51(91)40-18-12-14-19-41(40)74)87-71(113)60(35(2)24-56(96)97)88-69(111)50(34-90)82-55(95)32-77-63(105)46(28-57(98)99)83-62(104)36(3)79-65(107)47(29-58(100)101)85-64(106)43(21-16-23-73)80-54(94)33-78-70(61)112;;;/h12-15,17-20,31,35-37,43-50,60-61,76,90H,5-11,16,21-30,32-34,73-74H2,1-4H3,(H2,75,92)(H,77,105)(H,78,112)(H,79,107)(H,80,94)(H,81,93)(H,82,95)(H,83,104)(H,84,108)(H,85,106)(H,86,109)(H,87,113)(H,88,111)(H,89,110)(H,96,97)(H,98,99)(H,100,101)(H,102,103);3*1H/p+1/t35-,36-,37-,43+,44+,45-,46+,47+,48+,49+,50-,60+,61+;;;/m1.../s1/i;3*1+1. The van der Waals surface area contributed by atoms with Gasteiger partial charge in [0.2, 0.25) is 82.7 Å². The van der Waals surface area contributed by atoms with Gasteiger partial charge in [-0.2, -0.15) is 0 Å². The topological polar surface area (TPSA) is 704 Å². The number of hydrogen-bond acceptors (Lipinski definition) is 23. The second kappa shape index (κ2) is 47.6. The summed E-state index contributed by atoms with van der Waals surface area (Å²) >= 11 is 0. The van der Waals surface area contributed by atoms with Gasteiger partial charge in [-0.1, -0.05) is 82.7 Å². The Labute approximate surface area is 661 Å². The molecule has 2 heterocycles. The molecule has 4 rings (SSSR count). The SMILES string of the molecule is CCCCCCCCCC(=O)N[C@@H](Cc1c[nH]c2ccccc12)C(=O)N[C@H](CC(N)=O)C(=O)N[C@@H](CC(=O)O)C(=O)N[C@@H]1C(=O)NCC(=O)N[C@@H](CCC[NH3+])C(=O)N[C@@H](CC(=O)O)C(=O)N[C@H](C)C(=O)N[C@@H](CC(=O)O)C(=O)NCC(=O)N[C@H](CO)C(=O)N[C@@H]([C@H](C)CC(=O)O)C(=O)N[C@@H](CC(=O)c2ccccc2N)C(=O)O[C@@H]1C.[2HH].[2HH].[2HH]. The van der Waals surface area contributed by atoms with Crippen molar-refractivity contribution in [3.63, 3.8) is 0 Å². The summed E-state index contributed by atoms with van der Waals surface area (Å²) in [6.45, 7) is 1.40. The first kappa shape index (κ1) is 94.7. The lowest BCUT2D eigenvalue weighted by molar-refractivity contribution is -0.368. The molecule has 0 saturated carbocycles. The van der Waals surface area contributed by atoms with Crippen LogP contribution in [-0.2, 0) is 102 Å². The van der Waals surface area contributed by atoms with E-state index in [1.807, 2.05) is 16.0 Å². The van der Waals surface area contributed by atoms with Crippen LogP contribution in [0, 0.1) is 5.92 Å². The van der Waals surface area contributed by atoms with Gasteiger partial charge in [-0.3, -0.25) is 91.1 Å². The molecule has 115 heavy (non-hydrogen) atoms. The summed E-state index contributed by atoms with van der Waals surface area (Å²) in [7, 11) is 0. The Morgan fingerprint density at radius 1 is 0.565 bits per heavy atom. The van der Waals surface area contributed by atoms with Crippen molar-refractivity contribution >= 4 is 135 Å². The Morgan fingerprint density at radius 2 is 1.10 bits per heavy atom. The Hall–Kier alpha value is -12.7. The number of nitrogens with two attached hydrogens (primary N) is 2. The minimum absolute atomic E-state index is 0. The van der Waals surface area contributed by atoms with Gasteiger partial charge in [0.05, 0.1) is 58.3 Å². The molecule has 13 atom stereocenters. The average molecular weight is 1630 g/mol. The van der Waals surface area contributed by atoms with Crippen molar-refractivity contribution in [3.8, 4) is 0 Å². The highest BCUT2D eigenvalue weighted by molar-refractivity contribution is 6.05. The number of esters is 1. The summed E-state index contributed by atoms with van der Waals surface area (Å²) in [4.78, 5) is 276. The van der Waals surface area contributed by atoms with Crippen LogP contribution in [0.3, 0.4) is 0 Å². The van der Waals surface area contributed by atoms with E-state index in [0.717, 1.165) is 52.9 Å². The fourth-order valence-electron chi connectivity index (χ4n) is 11.8. The lowest BCUT2D eigenvalue weighted by Crippen LogP contribution is -2.62. The molecule has 0 unspecified atom stereocenters. The molecule has 0 spiro atoms. The van der Waals surface area contributed by atoms with E-state index in [4.69, 9.17) is 16.2 Å². The lowest BCUT2D eigenvalue weighted by Gasteiger charge is -2.30. The van der Waals surface area contributed by atoms with Gasteiger partial charge in [-0.25, -0.2) is 4.79 Å². The predicted octanol–water partition coefficient (Wildman–Crippen LogP) is -5.60. The molecule has 26 N–H and O–H groups in total. The molecule has 0 aliphatic carbocycles. The third-order valence-electron chi connectivity index (χ3n) is 17.9. The number of unbranched alkanes of at least 4 members (excludes halogenated alkanes) is 6. The van der Waals surface area contributed by atoms with Gasteiger partial charge in [0.15, 0.2) is 5.78 Å². The summed E-state index contributed by atoms with van der Waals surface area (Å²) in [5.41, 5.74) is 16.1. The van der Waals surface area contributed by atoms with Gasteiger partial charge < -0.3 is 122 Å². The summed E-state index contributed by atoms with van der Waals surface area (Å²) in [6, 6.07) is -10.4. The van der Waals surface area contributed by atoms with Crippen LogP contribution in [0.25, 0.3) is 10.9 Å². The number of aromatic nitrogens is 1. The molecule has 636 valence electrons. The van der Waals surface area contributed by atoms with Crippen molar-refractivity contribution in [2.75, 3.05) is 32.0 Å². The number of rotatable bonds is 35. The number of H-pyrrole nitrogens is 1. The van der Waals surface area contributed by atoms with Gasteiger partial charge in [-0.05, 0) is 62.8 Å². The normalized spacial score (nSPS) is 21.2. The largest absolute Gasteiger partial charge is 0.481 e. The Balaban J connectivity index is 0.0000232. The molecule has 1 aliphatic rings. The number of carboxylic acids is 4. The number of quaternary nitrogens is 1. The summed E-state index contributed by atoms with van der Waals surface area (Å²) in [5.74, 6) is -29.6. The van der Waals surface area contributed by atoms with Crippen molar-refractivity contribution in [1.82, 2.24) is 74.1 Å². The van der Waals surface area contributed by atoms with E-state index in [-0.39, 0.29) is 47.8 Å². The number of aliphatic hydroxyl groups excluding tert-OH is 1. The smallest absolute Gasteiger partial charge is 0.329 e. The molecule has 2 aromatic carbocycles. The minimum atomic E-state index is -2.44. The molecule has 0 radical (unpaired) electrons. The first-order valence-corrected chi connectivity index (χ1v) is 36.9. The second-order valence-electron chi connectivity index (χ2n) is 27.3. The van der Waals surface area contributed by atoms with Crippen LogP contribution in [0.4, 0.5) is 5.69 Å². The number of fused-ring (bicyclic) bond motifs is 1. The van der Waals surface area contributed by atoms with Crippen LogP contribution in [0.1, 0.15) is 151 Å². The van der Waals surface area contributed by atoms with E-state index in [9.17, 15) is 121 Å². The number of hydrogen-bond donors (Lipinski definition) is 22. The molecular weight excluding hydrogens is 1520 g/mol. The number of benzene rings is 2. The number of para-hydroxylation sites is 2. The van der Waals surface area contributed by atoms with Gasteiger partial charge in [0.1, 0.15) is 72.6 Å². The van der Waals surface area contributed by atoms with Gasteiger partial charge in [0, 0.05) is 51.9 Å². The number of anilines is 1. The zero-order chi connectivity index (χ0) is 85.8. The maximum absolute atomic E-state index is 14.8. The van der Waals surface area contributed by atoms with Gasteiger partial charge in [-0.15, -0.1) is 0 Å². The highest BCUT2D eigenvalue weighted by atomic mass is 16.5. The number of ether oxygens (including phenoxy) is 1. The van der Waals surface area contributed by atoms with Gasteiger partial charge in [0.25, 0.3) is 0 Å². The number of aromatic amines is 1. The molecular formula is C72H108N17O26+. The van der Waals surface area contributed by atoms with Gasteiger partial charge >= 0.3 is 29.8 Å². The molecule has 1 aliphatic heterocycles. The molecule has 1 fully saturated rings. The van der Waals surface area contributed by atoms with E-state index in [1.165, 1.54) is 24.3 Å². The maximum atomic E-state index is 14.8. The fourth-order valence-corrected chi connectivity index (χ4v) is 11.8. The second-order valence-corrected chi connectivity index (χ2v) is 27.3. The van der Waals surface area contributed by atoms with Crippen LogP contribution in [0.2, 0.25) is 0 Å². The highest BCUT2D eigenvalue weighted by Crippen LogP contribution is 2.22. The molecule has 43 nitrogen and oxygen atoms in total. The number of nitrogens with one attached hydrogen (secondary N) is 14. The lowest BCUT2D eigenvalue weighted by atomic mass is 9.96. The molecule has 14 amide bonds. The van der Waals surface area contributed by atoms with E-state index >= 15 is 0 Å². The van der Waals surface area contributed by atoms with Crippen molar-refractivity contribution in [1.29, 1.82) is 0 Å². The van der Waals surface area contributed by atoms with Crippen molar-refractivity contribution in [2.24, 2.45) is 11.7 Å². The minimum Gasteiger partial charge on any atom is -0.481 e. The summed E-state index contributed by atoms with van der Waals surface area (Å²) in [5, 5.41) is 78.8. The van der Waals surface area contributed by atoms with Crippen molar-refractivity contribution < 1.29 is 136 Å². The molecule has 0 bridgehead atoms. The third-order valence-corrected chi connectivity index (χ3v) is 17.9. The number of carboxylic acid groups (broad SMARTS) is 4. The van der Waals surface area contributed by atoms with E-state index in [0.29, 0.717) is 29.3 Å². The van der Waals surface area contributed by atoms with E-state index in [1.54, 1.807) is 30.5 Å². The van der Waals surface area contributed by atoms with Crippen LogP contribution in [-0.4, -0.2) is 248 Å². The zero-order valence-corrected chi connectivity index (χ0v) is 63.7. The Morgan fingerprint density at radius 3 is 1.70 bits per heavy atom. The number of carbonyl (C=O) groups excluding carboxylic acids is 16. The number of nitrogen functional groups attached to an aromatic ring is 1. The number of aliphatic carboxylic acids is 4. The van der Waals surface area contributed by atoms with E-state index < -0.39 is 255 Å². The van der Waals surface area contributed by atoms with Crippen molar-refractivity contribution in [3.05, 3.63) is 65.9 Å². The Kier molecular flexibility index (Phi) is 39.2. The number of aliphatic hydroxyl groups is 1. The number of cyclic esters (lactones) is 1. The van der Waals surface area contributed by atoms with Crippen LogP contribution < -0.4 is 86.3 Å². The number of primary amides is 1. The number of ketones is 1. The van der Waals surface area contributed by atoms with Crippen LogP contribution >= 0.6 is 0 Å². The fraction of sp³-hybridized carbons (Fsp3) is 0.528. The third kappa shape index (κ3) is 32.5. The first-order valence-electron chi connectivity index (χ1n) is 36.9. The number of amides is 14. The zero-order valence-electron chi connectivity index (χ0n) is 63.7. The van der Waals surface area contributed by atoms with Crippen LogP contribution in [0.5, 0.6) is 0 Å². The van der Waals surface area contributed by atoms with Crippen LogP contribution in [0.15, 0.2) is 54.7 Å². The molecule has 43 heteroatoms. The Bertz CT molecular complexity index is 4060. The predicted molar refractivity (Wildman–Crippen MR) is 405 cm³/mol.